The third-order valence-electron chi connectivity index (χ3n) is 3.70. The molecule has 0 N–H and O–H groups in total. The van der Waals surface area contributed by atoms with E-state index in [1.807, 2.05) is 4.57 Å². The van der Waals surface area contributed by atoms with Crippen molar-refractivity contribution in [2.24, 2.45) is 0 Å². The minimum Gasteiger partial charge on any atom is -0.324 e. The van der Waals surface area contributed by atoms with Gasteiger partial charge < -0.3 is 4.57 Å². The molecule has 0 radical (unpaired) electrons. The Morgan fingerprint density at radius 3 is 2.62 bits per heavy atom. The molecule has 2 aromatic rings. The molecule has 0 amide bonds. The van der Waals surface area contributed by atoms with Crippen LogP contribution in [0.5, 0.6) is 0 Å². The second kappa shape index (κ2) is 5.61. The number of hydrogen-bond acceptors (Lipinski definition) is 3. The lowest BCUT2D eigenvalue weighted by Crippen LogP contribution is -2.14. The number of nitrogens with zero attached hydrogens (tertiary/aromatic N) is 2. The lowest BCUT2D eigenvalue weighted by atomic mass is 10.2. The van der Waals surface area contributed by atoms with Crippen molar-refractivity contribution >= 4 is 55.7 Å². The molecule has 1 atom stereocenters. The molecule has 0 spiro atoms. The molecule has 3 rings (SSSR count). The molecule has 1 aromatic carbocycles. The normalized spacial score (nSPS) is 21.2. The van der Waals surface area contributed by atoms with Gasteiger partial charge in [0.15, 0.2) is 9.84 Å². The molecular weight excluding hydrogens is 355 g/mol. The Bertz CT molecular complexity index is 801. The highest BCUT2D eigenvalue weighted by Crippen LogP contribution is 2.33. The molecule has 1 unspecified atom stereocenters. The number of halogens is 3. The zero-order chi connectivity index (χ0) is 15.2. The molecule has 0 saturated carbocycles. The van der Waals surface area contributed by atoms with Crippen molar-refractivity contribution in [1.29, 1.82) is 0 Å². The van der Waals surface area contributed by atoms with Crippen molar-refractivity contribution in [2.75, 3.05) is 17.4 Å². The minimum atomic E-state index is -2.98. The van der Waals surface area contributed by atoms with E-state index in [1.165, 1.54) is 0 Å². The highest BCUT2D eigenvalue weighted by molar-refractivity contribution is 7.91. The van der Waals surface area contributed by atoms with Crippen LogP contribution in [0.3, 0.4) is 0 Å². The van der Waals surface area contributed by atoms with Crippen molar-refractivity contribution in [3.05, 3.63) is 28.0 Å². The first-order valence-electron chi connectivity index (χ1n) is 6.53. The number of imidazole rings is 1. The van der Waals surface area contributed by atoms with Crippen LogP contribution in [0.25, 0.3) is 11.0 Å². The Morgan fingerprint density at radius 1 is 1.29 bits per heavy atom. The summed E-state index contributed by atoms with van der Waals surface area (Å²) in [6.45, 7) is 0. The van der Waals surface area contributed by atoms with Crippen LogP contribution in [0.4, 0.5) is 0 Å². The Hall–Kier alpha value is -0.490. The second-order valence-electron chi connectivity index (χ2n) is 5.15. The van der Waals surface area contributed by atoms with Crippen LogP contribution in [-0.4, -0.2) is 35.4 Å². The first kappa shape index (κ1) is 15.4. The largest absolute Gasteiger partial charge is 0.324 e. The number of alkyl halides is 1. The predicted molar refractivity (Wildman–Crippen MR) is 86.5 cm³/mol. The summed E-state index contributed by atoms with van der Waals surface area (Å²) in [5.74, 6) is 1.54. The lowest BCUT2D eigenvalue weighted by molar-refractivity contribution is 0.548. The Kier molecular flexibility index (Phi) is 4.12. The average Bonchev–Trinajstić information content (AvgIpc) is 2.91. The Labute approximate surface area is 137 Å². The van der Waals surface area contributed by atoms with Crippen molar-refractivity contribution in [3.63, 3.8) is 0 Å². The van der Waals surface area contributed by atoms with Crippen LogP contribution in [0.1, 0.15) is 18.3 Å². The SMILES string of the molecule is O=S1(=O)CCC(n2c(CCCl)nc3cc(Cl)c(Cl)cc32)C1. The summed E-state index contributed by atoms with van der Waals surface area (Å²) in [6.07, 6.45) is 1.16. The fourth-order valence-electron chi connectivity index (χ4n) is 2.79. The van der Waals surface area contributed by atoms with Gasteiger partial charge in [-0.25, -0.2) is 13.4 Å². The molecule has 0 bridgehead atoms. The number of hydrogen-bond donors (Lipinski definition) is 0. The maximum absolute atomic E-state index is 11.8. The van der Waals surface area contributed by atoms with Crippen LogP contribution in [-0.2, 0) is 16.3 Å². The van der Waals surface area contributed by atoms with Gasteiger partial charge in [0.1, 0.15) is 5.82 Å². The molecular formula is C13H13Cl3N2O2S. The lowest BCUT2D eigenvalue weighted by Gasteiger charge is -2.15. The van der Waals surface area contributed by atoms with E-state index in [9.17, 15) is 8.42 Å². The summed E-state index contributed by atoms with van der Waals surface area (Å²) in [5.41, 5.74) is 1.53. The monoisotopic (exact) mass is 366 g/mol. The Balaban J connectivity index is 2.18. The van der Waals surface area contributed by atoms with Gasteiger partial charge in [-0.05, 0) is 18.6 Å². The highest BCUT2D eigenvalue weighted by Gasteiger charge is 2.31. The molecule has 21 heavy (non-hydrogen) atoms. The smallest absolute Gasteiger partial charge is 0.152 e. The van der Waals surface area contributed by atoms with E-state index < -0.39 is 9.84 Å². The molecule has 2 heterocycles. The zero-order valence-electron chi connectivity index (χ0n) is 11.0. The first-order chi connectivity index (χ1) is 9.91. The van der Waals surface area contributed by atoms with Gasteiger partial charge in [-0.1, -0.05) is 23.2 Å². The van der Waals surface area contributed by atoms with E-state index in [-0.39, 0.29) is 17.5 Å². The zero-order valence-corrected chi connectivity index (χ0v) is 14.1. The van der Waals surface area contributed by atoms with E-state index in [0.29, 0.717) is 34.3 Å². The van der Waals surface area contributed by atoms with E-state index >= 15 is 0 Å². The number of fused-ring (bicyclic) bond motifs is 1. The summed E-state index contributed by atoms with van der Waals surface area (Å²) in [7, 11) is -2.98. The highest BCUT2D eigenvalue weighted by atomic mass is 35.5. The van der Waals surface area contributed by atoms with Crippen molar-refractivity contribution in [3.8, 4) is 0 Å². The van der Waals surface area contributed by atoms with Crippen LogP contribution in [0.15, 0.2) is 12.1 Å². The topological polar surface area (TPSA) is 52.0 Å². The maximum Gasteiger partial charge on any atom is 0.152 e. The van der Waals surface area contributed by atoms with Crippen LogP contribution < -0.4 is 0 Å². The average molecular weight is 368 g/mol. The van der Waals surface area contributed by atoms with Crippen LogP contribution in [0, 0.1) is 0 Å². The van der Waals surface area contributed by atoms with Crippen molar-refractivity contribution < 1.29 is 8.42 Å². The number of sulfone groups is 1. The maximum atomic E-state index is 11.8. The van der Waals surface area contributed by atoms with Gasteiger partial charge in [0.2, 0.25) is 0 Å². The van der Waals surface area contributed by atoms with Gasteiger partial charge in [-0.15, -0.1) is 11.6 Å². The molecule has 114 valence electrons. The van der Waals surface area contributed by atoms with E-state index in [0.717, 1.165) is 11.3 Å². The van der Waals surface area contributed by atoms with Gasteiger partial charge in [-0.3, -0.25) is 0 Å². The molecule has 4 nitrogen and oxygen atoms in total. The molecule has 1 aliphatic heterocycles. The third-order valence-corrected chi connectivity index (χ3v) is 6.36. The third kappa shape index (κ3) is 2.89. The van der Waals surface area contributed by atoms with Crippen molar-refractivity contribution in [2.45, 2.75) is 18.9 Å². The summed E-state index contributed by atoms with van der Waals surface area (Å²) in [5, 5.41) is 0.869. The summed E-state index contributed by atoms with van der Waals surface area (Å²) in [6, 6.07) is 3.33. The standard InChI is InChI=1S/C13H13Cl3N2O2S/c14-3-1-13-17-11-5-9(15)10(16)6-12(11)18(13)8-2-4-21(19,20)7-8/h5-6,8H,1-4,7H2. The van der Waals surface area contributed by atoms with Crippen molar-refractivity contribution in [1.82, 2.24) is 9.55 Å². The second-order valence-corrected chi connectivity index (χ2v) is 8.57. The van der Waals surface area contributed by atoms with E-state index in [1.54, 1.807) is 12.1 Å². The minimum absolute atomic E-state index is 0.115. The van der Waals surface area contributed by atoms with E-state index in [2.05, 4.69) is 4.98 Å². The quantitative estimate of drug-likeness (QED) is 0.780. The molecule has 1 aromatic heterocycles. The van der Waals surface area contributed by atoms with Gasteiger partial charge in [0.05, 0.1) is 38.6 Å². The summed E-state index contributed by atoms with van der Waals surface area (Å²) >= 11 is 18.0. The number of benzene rings is 1. The fourth-order valence-corrected chi connectivity index (χ4v) is 4.97. The first-order valence-corrected chi connectivity index (χ1v) is 9.65. The molecule has 1 aliphatic rings. The Morgan fingerprint density at radius 2 is 2.00 bits per heavy atom. The van der Waals surface area contributed by atoms with Gasteiger partial charge >= 0.3 is 0 Å². The summed E-state index contributed by atoms with van der Waals surface area (Å²) < 4.78 is 25.5. The number of aryl methyl sites for hydroxylation is 1. The molecule has 1 saturated heterocycles. The number of aromatic nitrogens is 2. The molecule has 8 heteroatoms. The van der Waals surface area contributed by atoms with Crippen LogP contribution >= 0.6 is 34.8 Å². The van der Waals surface area contributed by atoms with Gasteiger partial charge in [-0.2, -0.15) is 0 Å². The number of rotatable bonds is 3. The molecule has 0 aliphatic carbocycles. The fraction of sp³-hybridized carbons (Fsp3) is 0.462. The van der Waals surface area contributed by atoms with Gasteiger partial charge in [0, 0.05) is 12.3 Å². The summed E-state index contributed by atoms with van der Waals surface area (Å²) in [4.78, 5) is 4.54. The molecule has 1 fully saturated rings. The van der Waals surface area contributed by atoms with Crippen LogP contribution in [0.2, 0.25) is 10.0 Å². The van der Waals surface area contributed by atoms with E-state index in [4.69, 9.17) is 34.8 Å². The van der Waals surface area contributed by atoms with Gasteiger partial charge in [0.25, 0.3) is 0 Å². The predicted octanol–water partition coefficient (Wildman–Crippen LogP) is 3.48.